The highest BCUT2D eigenvalue weighted by Gasteiger charge is 2.39. The number of methoxy groups -OCH3 is 2. The van der Waals surface area contributed by atoms with E-state index < -0.39 is 0 Å². The molecular formula is C15H23NO3. The van der Waals surface area contributed by atoms with Crippen LogP contribution in [0.1, 0.15) is 31.4 Å². The zero-order chi connectivity index (χ0) is 13.9. The fourth-order valence-corrected chi connectivity index (χ4v) is 2.88. The summed E-state index contributed by atoms with van der Waals surface area (Å²) >= 11 is 0. The number of hydrogen-bond donors (Lipinski definition) is 1. The van der Waals surface area contributed by atoms with Gasteiger partial charge in [0.25, 0.3) is 0 Å². The first kappa shape index (κ1) is 14.2. The largest absolute Gasteiger partial charge is 0.497 e. The summed E-state index contributed by atoms with van der Waals surface area (Å²) in [6, 6.07) is 6.03. The maximum Gasteiger partial charge on any atom is 0.127 e. The molecule has 1 aliphatic rings. The fourth-order valence-electron chi connectivity index (χ4n) is 2.88. The minimum absolute atomic E-state index is 0.107. The van der Waals surface area contributed by atoms with Gasteiger partial charge in [0, 0.05) is 18.2 Å². The molecule has 4 heteroatoms. The Morgan fingerprint density at radius 3 is 2.63 bits per heavy atom. The standard InChI is InChI=1S/C15H23NO3/c1-15(8-5-9-19-15)14(16-2)12-7-6-11(17-3)10-13(12)18-4/h6-7,10,14,16H,5,8-9H2,1-4H3. The molecular weight excluding hydrogens is 242 g/mol. The van der Waals surface area contributed by atoms with Crippen molar-refractivity contribution in [3.63, 3.8) is 0 Å². The average molecular weight is 265 g/mol. The van der Waals surface area contributed by atoms with E-state index in [1.54, 1.807) is 14.2 Å². The molecule has 1 aromatic rings. The molecule has 4 nitrogen and oxygen atoms in total. The highest BCUT2D eigenvalue weighted by atomic mass is 16.5. The van der Waals surface area contributed by atoms with Crippen molar-refractivity contribution >= 4 is 0 Å². The van der Waals surface area contributed by atoms with Crippen LogP contribution in [-0.4, -0.2) is 33.5 Å². The molecule has 1 aliphatic heterocycles. The van der Waals surface area contributed by atoms with Crippen molar-refractivity contribution in [3.8, 4) is 11.5 Å². The van der Waals surface area contributed by atoms with Gasteiger partial charge >= 0.3 is 0 Å². The zero-order valence-electron chi connectivity index (χ0n) is 12.2. The average Bonchev–Trinajstić information content (AvgIpc) is 2.87. The molecule has 2 rings (SSSR count). The van der Waals surface area contributed by atoms with Gasteiger partial charge in [-0.25, -0.2) is 0 Å². The van der Waals surface area contributed by atoms with Crippen molar-refractivity contribution in [2.45, 2.75) is 31.4 Å². The predicted molar refractivity (Wildman–Crippen MR) is 74.9 cm³/mol. The van der Waals surface area contributed by atoms with Crippen LogP contribution in [0.3, 0.4) is 0 Å². The summed E-state index contributed by atoms with van der Waals surface area (Å²) in [5.74, 6) is 1.63. The monoisotopic (exact) mass is 265 g/mol. The maximum atomic E-state index is 5.95. The molecule has 0 aliphatic carbocycles. The second kappa shape index (κ2) is 5.80. The number of rotatable bonds is 5. The fraction of sp³-hybridized carbons (Fsp3) is 0.600. The molecule has 1 heterocycles. The van der Waals surface area contributed by atoms with Crippen LogP contribution in [0.4, 0.5) is 0 Å². The molecule has 0 amide bonds. The first-order chi connectivity index (χ1) is 9.14. The summed E-state index contributed by atoms with van der Waals surface area (Å²) in [5.41, 5.74) is 0.923. The Labute approximate surface area is 115 Å². The Kier molecular flexibility index (Phi) is 4.32. The van der Waals surface area contributed by atoms with Crippen LogP contribution in [0.5, 0.6) is 11.5 Å². The number of nitrogens with one attached hydrogen (secondary N) is 1. The van der Waals surface area contributed by atoms with Crippen LogP contribution in [0, 0.1) is 0 Å². The van der Waals surface area contributed by atoms with Crippen LogP contribution < -0.4 is 14.8 Å². The highest BCUT2D eigenvalue weighted by Crippen LogP contribution is 2.41. The lowest BCUT2D eigenvalue weighted by Gasteiger charge is -2.34. The molecule has 0 radical (unpaired) electrons. The van der Waals surface area contributed by atoms with Crippen molar-refractivity contribution in [1.29, 1.82) is 0 Å². The van der Waals surface area contributed by atoms with E-state index >= 15 is 0 Å². The van der Waals surface area contributed by atoms with Gasteiger partial charge in [-0.05, 0) is 38.9 Å². The second-order valence-electron chi connectivity index (χ2n) is 5.09. The SMILES string of the molecule is CNC(c1ccc(OC)cc1OC)C1(C)CCCO1. The van der Waals surface area contributed by atoms with Crippen molar-refractivity contribution in [3.05, 3.63) is 23.8 Å². The Hall–Kier alpha value is -1.26. The van der Waals surface area contributed by atoms with Crippen LogP contribution in [0.15, 0.2) is 18.2 Å². The smallest absolute Gasteiger partial charge is 0.127 e. The Morgan fingerprint density at radius 1 is 1.32 bits per heavy atom. The molecule has 2 atom stereocenters. The van der Waals surface area contributed by atoms with Crippen LogP contribution in [-0.2, 0) is 4.74 Å². The van der Waals surface area contributed by atoms with Gasteiger partial charge in [0.1, 0.15) is 11.5 Å². The maximum absolute atomic E-state index is 5.95. The number of ether oxygens (including phenoxy) is 3. The van der Waals surface area contributed by atoms with E-state index in [-0.39, 0.29) is 11.6 Å². The first-order valence-electron chi connectivity index (χ1n) is 6.68. The van der Waals surface area contributed by atoms with Gasteiger partial charge in [-0.1, -0.05) is 0 Å². The van der Waals surface area contributed by atoms with Gasteiger partial charge in [-0.2, -0.15) is 0 Å². The Balaban J connectivity index is 2.37. The van der Waals surface area contributed by atoms with Gasteiger partial charge in [-0.3, -0.25) is 0 Å². The van der Waals surface area contributed by atoms with Crippen LogP contribution in [0.2, 0.25) is 0 Å². The molecule has 1 saturated heterocycles. The number of hydrogen-bond acceptors (Lipinski definition) is 4. The van der Waals surface area contributed by atoms with Gasteiger partial charge in [-0.15, -0.1) is 0 Å². The minimum atomic E-state index is -0.184. The minimum Gasteiger partial charge on any atom is -0.497 e. The van der Waals surface area contributed by atoms with E-state index in [9.17, 15) is 0 Å². The van der Waals surface area contributed by atoms with Gasteiger partial charge < -0.3 is 19.5 Å². The Bertz CT molecular complexity index is 427. The van der Waals surface area contributed by atoms with E-state index in [2.05, 4.69) is 12.2 Å². The van der Waals surface area contributed by atoms with E-state index in [0.717, 1.165) is 36.5 Å². The van der Waals surface area contributed by atoms with Crippen LogP contribution in [0.25, 0.3) is 0 Å². The van der Waals surface area contributed by atoms with Crippen molar-refractivity contribution < 1.29 is 14.2 Å². The Morgan fingerprint density at radius 2 is 2.11 bits per heavy atom. The molecule has 2 unspecified atom stereocenters. The molecule has 0 spiro atoms. The molecule has 1 fully saturated rings. The summed E-state index contributed by atoms with van der Waals surface area (Å²) in [4.78, 5) is 0. The molecule has 1 aromatic carbocycles. The second-order valence-corrected chi connectivity index (χ2v) is 5.09. The van der Waals surface area contributed by atoms with Crippen molar-refractivity contribution in [2.24, 2.45) is 0 Å². The zero-order valence-corrected chi connectivity index (χ0v) is 12.2. The van der Waals surface area contributed by atoms with E-state index in [0.29, 0.717) is 0 Å². The van der Waals surface area contributed by atoms with Crippen LogP contribution >= 0.6 is 0 Å². The van der Waals surface area contributed by atoms with Gasteiger partial charge in [0.05, 0.1) is 25.9 Å². The van der Waals surface area contributed by atoms with E-state index in [1.807, 2.05) is 25.2 Å². The highest BCUT2D eigenvalue weighted by molar-refractivity contribution is 5.43. The summed E-state index contributed by atoms with van der Waals surface area (Å²) in [6.45, 7) is 2.98. The summed E-state index contributed by atoms with van der Waals surface area (Å²) in [6.07, 6.45) is 2.15. The lowest BCUT2D eigenvalue weighted by atomic mass is 9.87. The lowest BCUT2D eigenvalue weighted by molar-refractivity contribution is -0.0110. The molecule has 19 heavy (non-hydrogen) atoms. The predicted octanol–water partition coefficient (Wildman–Crippen LogP) is 2.53. The molecule has 0 saturated carbocycles. The molecule has 0 bridgehead atoms. The summed E-state index contributed by atoms with van der Waals surface area (Å²) in [5, 5.41) is 3.37. The number of benzene rings is 1. The molecule has 0 aromatic heterocycles. The summed E-state index contributed by atoms with van der Waals surface area (Å²) < 4.78 is 16.7. The van der Waals surface area contributed by atoms with Gasteiger partial charge in [0.15, 0.2) is 0 Å². The van der Waals surface area contributed by atoms with E-state index in [4.69, 9.17) is 14.2 Å². The third kappa shape index (κ3) is 2.69. The third-order valence-electron chi connectivity index (χ3n) is 3.90. The topological polar surface area (TPSA) is 39.7 Å². The summed E-state index contributed by atoms with van der Waals surface area (Å²) in [7, 11) is 5.30. The number of likely N-dealkylation sites (N-methyl/N-ethyl adjacent to an activating group) is 1. The molecule has 1 N–H and O–H groups in total. The molecule has 106 valence electrons. The van der Waals surface area contributed by atoms with E-state index in [1.165, 1.54) is 0 Å². The van der Waals surface area contributed by atoms with Gasteiger partial charge in [0.2, 0.25) is 0 Å². The third-order valence-corrected chi connectivity index (χ3v) is 3.90. The van der Waals surface area contributed by atoms with Crippen molar-refractivity contribution in [1.82, 2.24) is 5.32 Å². The van der Waals surface area contributed by atoms with Crippen molar-refractivity contribution in [2.75, 3.05) is 27.9 Å². The normalized spacial score (nSPS) is 24.2. The lowest BCUT2D eigenvalue weighted by Crippen LogP contribution is -2.39. The first-order valence-corrected chi connectivity index (χ1v) is 6.68. The quantitative estimate of drug-likeness (QED) is 0.888.